The van der Waals surface area contributed by atoms with Crippen LogP contribution in [0, 0.1) is 0 Å². The maximum Gasteiger partial charge on any atom is 0.303 e. The molecule has 1 rings (SSSR count). The SMILES string of the molecule is CC/C=C\C/C=C\C/C=C\C[C@@H](O)/C=C/[C@H]1O[C@@H]([C@@H](O)CCC(=O)O)C[C@@H]1O. The Morgan fingerprint density at radius 1 is 1.11 bits per heavy atom. The second-order valence-electron chi connectivity index (χ2n) is 6.92. The minimum atomic E-state index is -0.978. The van der Waals surface area contributed by atoms with Crippen LogP contribution in [0.25, 0.3) is 0 Å². The van der Waals surface area contributed by atoms with Crippen LogP contribution in [-0.4, -0.2) is 56.9 Å². The van der Waals surface area contributed by atoms with Gasteiger partial charge in [-0.2, -0.15) is 0 Å². The number of aliphatic carboxylic acids is 1. The van der Waals surface area contributed by atoms with Crippen molar-refractivity contribution in [3.05, 3.63) is 48.6 Å². The Labute approximate surface area is 167 Å². The van der Waals surface area contributed by atoms with Crippen LogP contribution in [0.2, 0.25) is 0 Å². The first-order valence-corrected chi connectivity index (χ1v) is 9.98. The second-order valence-corrected chi connectivity index (χ2v) is 6.92. The van der Waals surface area contributed by atoms with Crippen molar-refractivity contribution in [3.8, 4) is 0 Å². The van der Waals surface area contributed by atoms with Gasteiger partial charge in [-0.1, -0.05) is 55.5 Å². The van der Waals surface area contributed by atoms with E-state index < -0.39 is 36.5 Å². The highest BCUT2D eigenvalue weighted by Gasteiger charge is 2.36. The van der Waals surface area contributed by atoms with Crippen molar-refractivity contribution in [1.82, 2.24) is 0 Å². The molecule has 0 aromatic rings. The molecule has 0 aromatic carbocycles. The van der Waals surface area contributed by atoms with E-state index in [1.807, 2.05) is 12.2 Å². The molecule has 0 amide bonds. The van der Waals surface area contributed by atoms with Crippen molar-refractivity contribution in [2.45, 2.75) is 82.4 Å². The first kappa shape index (κ1) is 24.3. The number of carboxylic acid groups (broad SMARTS) is 1. The zero-order valence-electron chi connectivity index (χ0n) is 16.6. The quantitative estimate of drug-likeness (QED) is 0.358. The fourth-order valence-electron chi connectivity index (χ4n) is 2.86. The number of rotatable bonds is 13. The van der Waals surface area contributed by atoms with Crippen molar-refractivity contribution in [2.24, 2.45) is 0 Å². The van der Waals surface area contributed by atoms with Gasteiger partial charge in [-0.3, -0.25) is 4.79 Å². The summed E-state index contributed by atoms with van der Waals surface area (Å²) in [5, 5.41) is 38.7. The van der Waals surface area contributed by atoms with Crippen LogP contribution in [0.5, 0.6) is 0 Å². The number of aliphatic hydroxyl groups excluding tert-OH is 3. The second kappa shape index (κ2) is 14.3. The van der Waals surface area contributed by atoms with E-state index in [9.17, 15) is 20.1 Å². The molecule has 0 bridgehead atoms. The minimum Gasteiger partial charge on any atom is -0.481 e. The molecular formula is C22H34O6. The molecule has 1 aliphatic rings. The monoisotopic (exact) mass is 394 g/mol. The average Bonchev–Trinajstić information content (AvgIpc) is 3.04. The topological polar surface area (TPSA) is 107 Å². The number of ether oxygens (including phenoxy) is 1. The Balaban J connectivity index is 2.29. The van der Waals surface area contributed by atoms with Crippen molar-refractivity contribution >= 4 is 5.97 Å². The highest BCUT2D eigenvalue weighted by molar-refractivity contribution is 5.66. The summed E-state index contributed by atoms with van der Waals surface area (Å²) in [5.74, 6) is -0.978. The van der Waals surface area contributed by atoms with Gasteiger partial charge in [0.2, 0.25) is 0 Å². The molecule has 0 radical (unpaired) electrons. The molecule has 5 atom stereocenters. The molecule has 0 unspecified atom stereocenters. The summed E-state index contributed by atoms with van der Waals surface area (Å²) in [4.78, 5) is 10.6. The summed E-state index contributed by atoms with van der Waals surface area (Å²) in [7, 11) is 0. The van der Waals surface area contributed by atoms with E-state index in [1.54, 1.807) is 12.2 Å². The number of carboxylic acids is 1. The van der Waals surface area contributed by atoms with Crippen molar-refractivity contribution < 1.29 is 30.0 Å². The lowest BCUT2D eigenvalue weighted by Gasteiger charge is -2.17. The lowest BCUT2D eigenvalue weighted by atomic mass is 10.0. The van der Waals surface area contributed by atoms with Crippen molar-refractivity contribution in [2.75, 3.05) is 0 Å². The predicted molar refractivity (Wildman–Crippen MR) is 109 cm³/mol. The summed E-state index contributed by atoms with van der Waals surface area (Å²) < 4.78 is 5.59. The zero-order valence-corrected chi connectivity index (χ0v) is 16.6. The van der Waals surface area contributed by atoms with Gasteiger partial charge < -0.3 is 25.2 Å². The molecule has 1 fully saturated rings. The first-order valence-electron chi connectivity index (χ1n) is 9.98. The number of aliphatic hydroxyl groups is 3. The summed E-state index contributed by atoms with van der Waals surface area (Å²) in [6, 6.07) is 0. The van der Waals surface area contributed by atoms with Crippen LogP contribution in [0.4, 0.5) is 0 Å². The van der Waals surface area contributed by atoms with E-state index in [-0.39, 0.29) is 19.3 Å². The van der Waals surface area contributed by atoms with Gasteiger partial charge in [-0.05, 0) is 32.1 Å². The lowest BCUT2D eigenvalue weighted by molar-refractivity contribution is -0.138. The molecule has 0 spiro atoms. The Kier molecular flexibility index (Phi) is 12.4. The van der Waals surface area contributed by atoms with Gasteiger partial charge in [0.1, 0.15) is 6.10 Å². The summed E-state index contributed by atoms with van der Waals surface area (Å²) >= 11 is 0. The number of carbonyl (C=O) groups is 1. The van der Waals surface area contributed by atoms with E-state index >= 15 is 0 Å². The molecule has 0 aliphatic carbocycles. The van der Waals surface area contributed by atoms with E-state index in [4.69, 9.17) is 9.84 Å². The summed E-state index contributed by atoms with van der Waals surface area (Å²) in [6.45, 7) is 2.10. The molecule has 0 saturated carbocycles. The number of allylic oxidation sites excluding steroid dienone is 5. The molecule has 1 heterocycles. The van der Waals surface area contributed by atoms with Crippen LogP contribution in [0.3, 0.4) is 0 Å². The van der Waals surface area contributed by atoms with Gasteiger partial charge in [0.05, 0.1) is 24.4 Å². The zero-order chi connectivity index (χ0) is 20.8. The van der Waals surface area contributed by atoms with E-state index in [0.717, 1.165) is 19.3 Å². The third kappa shape index (κ3) is 10.6. The van der Waals surface area contributed by atoms with Gasteiger partial charge >= 0.3 is 5.97 Å². The highest BCUT2D eigenvalue weighted by atomic mass is 16.5. The first-order chi connectivity index (χ1) is 13.4. The standard InChI is InChI=1S/C22H34O6/c1-2-3-4-5-6-7-8-9-10-11-17(23)12-14-20-19(25)16-21(28-20)18(24)13-15-22(26)27/h3-4,6-7,9-10,12,14,17-21,23-25H,2,5,8,11,13,15-16H2,1H3,(H,26,27)/b4-3-,7-6-,10-9-,14-12+/t17-,18+,19+,20-,21-/m1/s1. The van der Waals surface area contributed by atoms with Crippen LogP contribution >= 0.6 is 0 Å². The Morgan fingerprint density at radius 3 is 2.39 bits per heavy atom. The predicted octanol–water partition coefficient (Wildman–Crippen LogP) is 2.90. The molecule has 0 aromatic heterocycles. The third-order valence-electron chi connectivity index (χ3n) is 4.45. The van der Waals surface area contributed by atoms with Crippen LogP contribution in [-0.2, 0) is 9.53 Å². The largest absolute Gasteiger partial charge is 0.481 e. The number of hydrogen-bond donors (Lipinski definition) is 4. The smallest absolute Gasteiger partial charge is 0.303 e. The van der Waals surface area contributed by atoms with Crippen molar-refractivity contribution in [3.63, 3.8) is 0 Å². The van der Waals surface area contributed by atoms with E-state index in [0.29, 0.717) is 6.42 Å². The Morgan fingerprint density at radius 2 is 1.75 bits per heavy atom. The molecule has 1 saturated heterocycles. The van der Waals surface area contributed by atoms with Crippen LogP contribution in [0.1, 0.15) is 51.9 Å². The van der Waals surface area contributed by atoms with Gasteiger partial charge in [0, 0.05) is 12.8 Å². The maximum atomic E-state index is 10.6. The normalized spacial score (nSPS) is 25.5. The average molecular weight is 395 g/mol. The molecule has 28 heavy (non-hydrogen) atoms. The maximum absolute atomic E-state index is 10.6. The van der Waals surface area contributed by atoms with Crippen LogP contribution in [0.15, 0.2) is 48.6 Å². The molecular weight excluding hydrogens is 360 g/mol. The number of hydrogen-bond acceptors (Lipinski definition) is 5. The molecule has 6 heteroatoms. The summed E-state index contributed by atoms with van der Waals surface area (Å²) in [6.07, 6.45) is 15.4. The summed E-state index contributed by atoms with van der Waals surface area (Å²) in [5.41, 5.74) is 0. The highest BCUT2D eigenvalue weighted by Crippen LogP contribution is 2.25. The van der Waals surface area contributed by atoms with Gasteiger partial charge in [0.15, 0.2) is 0 Å². The molecule has 158 valence electrons. The Bertz CT molecular complexity index is 551. The van der Waals surface area contributed by atoms with E-state index in [2.05, 4.69) is 31.2 Å². The lowest BCUT2D eigenvalue weighted by Crippen LogP contribution is -2.26. The van der Waals surface area contributed by atoms with E-state index in [1.165, 1.54) is 0 Å². The molecule has 4 N–H and O–H groups in total. The fourth-order valence-corrected chi connectivity index (χ4v) is 2.86. The molecule has 1 aliphatic heterocycles. The van der Waals surface area contributed by atoms with Crippen molar-refractivity contribution in [1.29, 1.82) is 0 Å². The third-order valence-corrected chi connectivity index (χ3v) is 4.45. The molecule has 6 nitrogen and oxygen atoms in total. The Hall–Kier alpha value is -1.73. The fraction of sp³-hybridized carbons (Fsp3) is 0.591. The van der Waals surface area contributed by atoms with Gasteiger partial charge in [-0.15, -0.1) is 0 Å². The van der Waals surface area contributed by atoms with Gasteiger partial charge in [0.25, 0.3) is 0 Å². The minimum absolute atomic E-state index is 0.0832. The van der Waals surface area contributed by atoms with Crippen LogP contribution < -0.4 is 0 Å². The van der Waals surface area contributed by atoms with Gasteiger partial charge in [-0.25, -0.2) is 0 Å².